The van der Waals surface area contributed by atoms with Crippen LogP contribution in [0.3, 0.4) is 0 Å². The molecule has 1 unspecified atom stereocenters. The molecule has 3 N–H and O–H groups in total. The maximum Gasteiger partial charge on any atom is 0.140 e. The number of anilines is 1. The van der Waals surface area contributed by atoms with E-state index in [2.05, 4.69) is 38.4 Å². The van der Waals surface area contributed by atoms with Gasteiger partial charge >= 0.3 is 0 Å². The molecule has 0 aliphatic heterocycles. The predicted octanol–water partition coefficient (Wildman–Crippen LogP) is 3.13. The van der Waals surface area contributed by atoms with Crippen LogP contribution in [-0.2, 0) is 6.42 Å². The molecule has 19 heavy (non-hydrogen) atoms. The highest BCUT2D eigenvalue weighted by atomic mass is 79.9. The van der Waals surface area contributed by atoms with Gasteiger partial charge in [0.25, 0.3) is 0 Å². The number of hydrogen-bond acceptors (Lipinski definition) is 3. The number of nitrogens with zero attached hydrogens (tertiary/aromatic N) is 1. The Balaban J connectivity index is 2.06. The summed E-state index contributed by atoms with van der Waals surface area (Å²) >= 11 is 3.52. The summed E-state index contributed by atoms with van der Waals surface area (Å²) in [6.07, 6.45) is 2.74. The number of aryl methyl sites for hydroxylation is 1. The maximum atomic E-state index is 5.84. The zero-order chi connectivity index (χ0) is 13.7. The van der Waals surface area contributed by atoms with E-state index >= 15 is 0 Å². The summed E-state index contributed by atoms with van der Waals surface area (Å²) in [5.74, 6) is 0.844. The molecule has 2 rings (SSSR count). The first-order valence-corrected chi connectivity index (χ1v) is 7.11. The van der Waals surface area contributed by atoms with Gasteiger partial charge in [-0.2, -0.15) is 0 Å². The van der Waals surface area contributed by atoms with Crippen LogP contribution in [0.4, 0.5) is 5.82 Å². The van der Waals surface area contributed by atoms with Crippen LogP contribution >= 0.6 is 15.9 Å². The van der Waals surface area contributed by atoms with Crippen molar-refractivity contribution in [1.29, 1.82) is 0 Å². The Morgan fingerprint density at radius 1 is 1.32 bits per heavy atom. The van der Waals surface area contributed by atoms with Crippen molar-refractivity contribution in [3.8, 4) is 0 Å². The van der Waals surface area contributed by atoms with Crippen molar-refractivity contribution in [3.63, 3.8) is 0 Å². The molecule has 1 heterocycles. The molecule has 0 saturated carbocycles. The second kappa shape index (κ2) is 6.68. The lowest BCUT2D eigenvalue weighted by Gasteiger charge is -2.18. The summed E-state index contributed by atoms with van der Waals surface area (Å²) in [4.78, 5) is 4.39. The van der Waals surface area contributed by atoms with Gasteiger partial charge in [-0.25, -0.2) is 4.98 Å². The Bertz CT molecular complexity index is 528. The lowest BCUT2D eigenvalue weighted by Crippen LogP contribution is -2.31. The van der Waals surface area contributed by atoms with Crippen molar-refractivity contribution < 1.29 is 0 Å². The Morgan fingerprint density at radius 2 is 2.05 bits per heavy atom. The van der Waals surface area contributed by atoms with Crippen molar-refractivity contribution in [2.45, 2.75) is 19.4 Å². The lowest BCUT2D eigenvalue weighted by molar-refractivity contribution is 0.719. The molecular formula is C15H18BrN3. The Kier molecular flexibility index (Phi) is 4.93. The molecule has 100 valence electrons. The van der Waals surface area contributed by atoms with Crippen LogP contribution in [-0.4, -0.2) is 17.6 Å². The summed E-state index contributed by atoms with van der Waals surface area (Å²) in [7, 11) is 0. The van der Waals surface area contributed by atoms with E-state index in [1.165, 1.54) is 5.56 Å². The standard InChI is InChI=1S/C15H18BrN3/c1-11-7-14(16)15(18-10-11)19-13(9-17)8-12-5-3-2-4-6-12/h2-7,10,13H,8-9,17H2,1H3,(H,18,19). The van der Waals surface area contributed by atoms with Crippen LogP contribution in [0.5, 0.6) is 0 Å². The molecule has 0 saturated heterocycles. The second-order valence-electron chi connectivity index (χ2n) is 4.61. The van der Waals surface area contributed by atoms with Crippen molar-refractivity contribution >= 4 is 21.7 Å². The molecule has 0 radical (unpaired) electrons. The van der Waals surface area contributed by atoms with Crippen molar-refractivity contribution in [2.75, 3.05) is 11.9 Å². The van der Waals surface area contributed by atoms with Gasteiger partial charge in [0.05, 0.1) is 4.47 Å². The number of hydrogen-bond donors (Lipinski definition) is 2. The van der Waals surface area contributed by atoms with E-state index in [0.717, 1.165) is 22.3 Å². The molecular weight excluding hydrogens is 302 g/mol. The van der Waals surface area contributed by atoms with Crippen LogP contribution in [0.2, 0.25) is 0 Å². The fraction of sp³-hybridized carbons (Fsp3) is 0.267. The second-order valence-corrected chi connectivity index (χ2v) is 5.46. The SMILES string of the molecule is Cc1cnc(NC(CN)Cc2ccccc2)c(Br)c1. The molecule has 1 aromatic carbocycles. The van der Waals surface area contributed by atoms with Gasteiger partial charge in [0, 0.05) is 18.8 Å². The minimum atomic E-state index is 0.175. The Morgan fingerprint density at radius 3 is 2.68 bits per heavy atom. The van der Waals surface area contributed by atoms with E-state index in [-0.39, 0.29) is 6.04 Å². The van der Waals surface area contributed by atoms with E-state index in [0.29, 0.717) is 6.54 Å². The number of pyridine rings is 1. The van der Waals surface area contributed by atoms with Crippen LogP contribution < -0.4 is 11.1 Å². The van der Waals surface area contributed by atoms with E-state index in [9.17, 15) is 0 Å². The van der Waals surface area contributed by atoms with Crippen molar-refractivity contribution in [2.24, 2.45) is 5.73 Å². The Labute approximate surface area is 122 Å². The molecule has 1 atom stereocenters. The van der Waals surface area contributed by atoms with Gasteiger partial charge < -0.3 is 11.1 Å². The van der Waals surface area contributed by atoms with Crippen LogP contribution in [0.25, 0.3) is 0 Å². The van der Waals surface area contributed by atoms with Crippen LogP contribution in [0.1, 0.15) is 11.1 Å². The third-order valence-corrected chi connectivity index (χ3v) is 3.53. The average molecular weight is 320 g/mol. The van der Waals surface area contributed by atoms with Gasteiger partial charge in [0.1, 0.15) is 5.82 Å². The molecule has 0 aliphatic carbocycles. The highest BCUT2D eigenvalue weighted by Gasteiger charge is 2.10. The predicted molar refractivity (Wildman–Crippen MR) is 83.3 cm³/mol. The zero-order valence-corrected chi connectivity index (χ0v) is 12.5. The minimum absolute atomic E-state index is 0.175. The molecule has 0 fully saturated rings. The largest absolute Gasteiger partial charge is 0.365 e. The van der Waals surface area contributed by atoms with Gasteiger partial charge in [-0.15, -0.1) is 0 Å². The monoisotopic (exact) mass is 319 g/mol. The smallest absolute Gasteiger partial charge is 0.140 e. The Hall–Kier alpha value is -1.39. The highest BCUT2D eigenvalue weighted by molar-refractivity contribution is 9.10. The van der Waals surface area contributed by atoms with Crippen LogP contribution in [0, 0.1) is 6.92 Å². The van der Waals surface area contributed by atoms with Gasteiger partial charge in [-0.05, 0) is 46.5 Å². The molecule has 4 heteroatoms. The van der Waals surface area contributed by atoms with Crippen molar-refractivity contribution in [1.82, 2.24) is 4.98 Å². The minimum Gasteiger partial charge on any atom is -0.365 e. The van der Waals surface area contributed by atoms with Gasteiger partial charge in [0.2, 0.25) is 0 Å². The van der Waals surface area contributed by atoms with Gasteiger partial charge in [0.15, 0.2) is 0 Å². The third-order valence-electron chi connectivity index (χ3n) is 2.93. The molecule has 0 bridgehead atoms. The van der Waals surface area contributed by atoms with E-state index in [1.54, 1.807) is 0 Å². The normalized spacial score (nSPS) is 12.2. The van der Waals surface area contributed by atoms with Gasteiger partial charge in [-0.3, -0.25) is 0 Å². The summed E-state index contributed by atoms with van der Waals surface area (Å²) in [6.45, 7) is 2.59. The molecule has 2 aromatic rings. The lowest BCUT2D eigenvalue weighted by atomic mass is 10.1. The van der Waals surface area contributed by atoms with E-state index in [4.69, 9.17) is 5.73 Å². The fourth-order valence-corrected chi connectivity index (χ4v) is 2.50. The third kappa shape index (κ3) is 4.04. The van der Waals surface area contributed by atoms with E-state index < -0.39 is 0 Å². The summed E-state index contributed by atoms with van der Waals surface area (Å²) in [5, 5.41) is 3.39. The first kappa shape index (κ1) is 14.0. The number of halogens is 1. The molecule has 0 spiro atoms. The topological polar surface area (TPSA) is 50.9 Å². The number of aromatic nitrogens is 1. The number of rotatable bonds is 5. The number of nitrogens with one attached hydrogen (secondary N) is 1. The number of nitrogens with two attached hydrogens (primary N) is 1. The molecule has 1 aromatic heterocycles. The molecule has 3 nitrogen and oxygen atoms in total. The highest BCUT2D eigenvalue weighted by Crippen LogP contribution is 2.21. The zero-order valence-electron chi connectivity index (χ0n) is 10.9. The van der Waals surface area contributed by atoms with Crippen molar-refractivity contribution in [3.05, 3.63) is 58.2 Å². The average Bonchev–Trinajstić information content (AvgIpc) is 2.42. The first-order chi connectivity index (χ1) is 9.19. The molecule has 0 amide bonds. The van der Waals surface area contributed by atoms with Crippen LogP contribution in [0.15, 0.2) is 47.1 Å². The molecule has 0 aliphatic rings. The number of benzene rings is 1. The maximum absolute atomic E-state index is 5.84. The quantitative estimate of drug-likeness (QED) is 0.890. The summed E-state index contributed by atoms with van der Waals surface area (Å²) in [5.41, 5.74) is 8.24. The summed E-state index contributed by atoms with van der Waals surface area (Å²) in [6, 6.07) is 12.6. The first-order valence-electron chi connectivity index (χ1n) is 6.31. The fourth-order valence-electron chi connectivity index (χ4n) is 1.93. The van der Waals surface area contributed by atoms with Gasteiger partial charge in [-0.1, -0.05) is 30.3 Å². The summed E-state index contributed by atoms with van der Waals surface area (Å²) < 4.78 is 0.971. The van der Waals surface area contributed by atoms with E-state index in [1.807, 2.05) is 37.4 Å².